The molecule has 0 bridgehead atoms. The van der Waals surface area contributed by atoms with Gasteiger partial charge in [0.2, 0.25) is 0 Å². The van der Waals surface area contributed by atoms with Crippen molar-refractivity contribution >= 4 is 6.03 Å². The zero-order valence-electron chi connectivity index (χ0n) is 14.5. The average Bonchev–Trinajstić information content (AvgIpc) is 3.05. The van der Waals surface area contributed by atoms with Crippen molar-refractivity contribution in [1.29, 1.82) is 0 Å². The molecule has 7 heteroatoms. The number of rotatable bonds is 3. The maximum atomic E-state index is 12.0. The second-order valence-corrected chi connectivity index (χ2v) is 6.61. The van der Waals surface area contributed by atoms with Crippen LogP contribution in [0.5, 0.6) is 0 Å². The minimum Gasteiger partial charge on any atom is -0.341 e. The second-order valence-electron chi connectivity index (χ2n) is 6.61. The van der Waals surface area contributed by atoms with E-state index in [2.05, 4.69) is 58.2 Å². The van der Waals surface area contributed by atoms with Gasteiger partial charge in [-0.2, -0.15) is 4.68 Å². The first-order chi connectivity index (χ1) is 11.5. The molecule has 1 aliphatic rings. The zero-order valence-corrected chi connectivity index (χ0v) is 14.5. The fraction of sp³-hybridized carbons (Fsp3) is 0.529. The van der Waals surface area contributed by atoms with Crippen molar-refractivity contribution in [2.24, 2.45) is 0 Å². The fourth-order valence-corrected chi connectivity index (χ4v) is 3.57. The van der Waals surface area contributed by atoms with Gasteiger partial charge in [0.25, 0.3) is 0 Å². The molecule has 7 nitrogen and oxygen atoms in total. The van der Waals surface area contributed by atoms with Gasteiger partial charge in [0.15, 0.2) is 5.82 Å². The Bertz CT molecular complexity index is 712. The minimum atomic E-state index is -0.528. The largest absolute Gasteiger partial charge is 0.341 e. The number of carbonyl (C=O) groups is 1. The molecular formula is C17H24N6O. The third-order valence-corrected chi connectivity index (χ3v) is 4.64. The van der Waals surface area contributed by atoms with E-state index in [-0.39, 0.29) is 6.03 Å². The van der Waals surface area contributed by atoms with Crippen LogP contribution in [0.15, 0.2) is 18.2 Å². The Morgan fingerprint density at radius 2 is 1.79 bits per heavy atom. The molecule has 1 fully saturated rings. The molecule has 0 unspecified atom stereocenters. The average molecular weight is 328 g/mol. The quantitative estimate of drug-likeness (QED) is 0.906. The van der Waals surface area contributed by atoms with E-state index in [1.807, 2.05) is 0 Å². The first-order valence-corrected chi connectivity index (χ1v) is 8.41. The first-order valence-electron chi connectivity index (χ1n) is 8.41. The van der Waals surface area contributed by atoms with E-state index in [0.717, 1.165) is 42.5 Å². The van der Waals surface area contributed by atoms with E-state index in [4.69, 9.17) is 0 Å². The van der Waals surface area contributed by atoms with Gasteiger partial charge in [-0.05, 0) is 60.4 Å². The van der Waals surface area contributed by atoms with Crippen LogP contribution in [-0.2, 0) is 5.54 Å². The number of nitrogens with one attached hydrogen (secondary N) is 2. The Kier molecular flexibility index (Phi) is 4.51. The SMILES string of the molecule is CNC(=O)NC1(c2nnnn2-c2cc(C)cc(C)c2)CCCCC1. The van der Waals surface area contributed by atoms with Crippen LogP contribution in [0.4, 0.5) is 4.79 Å². The van der Waals surface area contributed by atoms with Gasteiger partial charge < -0.3 is 10.6 Å². The van der Waals surface area contributed by atoms with Crippen molar-refractivity contribution in [2.45, 2.75) is 51.5 Å². The highest BCUT2D eigenvalue weighted by Gasteiger charge is 2.40. The Hall–Kier alpha value is -2.44. The number of amides is 2. The van der Waals surface area contributed by atoms with Gasteiger partial charge in [-0.3, -0.25) is 0 Å². The number of hydrogen-bond donors (Lipinski definition) is 2. The molecule has 1 aromatic heterocycles. The summed E-state index contributed by atoms with van der Waals surface area (Å²) in [5.41, 5.74) is 2.71. The van der Waals surface area contributed by atoms with Crippen molar-refractivity contribution in [2.75, 3.05) is 7.05 Å². The Morgan fingerprint density at radius 1 is 1.12 bits per heavy atom. The molecule has 0 saturated heterocycles. The highest BCUT2D eigenvalue weighted by molar-refractivity contribution is 5.74. The summed E-state index contributed by atoms with van der Waals surface area (Å²) in [5.74, 6) is 0.704. The smallest absolute Gasteiger partial charge is 0.315 e. The van der Waals surface area contributed by atoms with Crippen LogP contribution < -0.4 is 10.6 Å². The molecule has 0 atom stereocenters. The van der Waals surface area contributed by atoms with Crippen molar-refractivity contribution in [1.82, 2.24) is 30.8 Å². The molecule has 24 heavy (non-hydrogen) atoms. The summed E-state index contributed by atoms with van der Waals surface area (Å²) in [5, 5.41) is 18.2. The molecular weight excluding hydrogens is 304 g/mol. The van der Waals surface area contributed by atoms with Gasteiger partial charge in [0, 0.05) is 7.05 Å². The van der Waals surface area contributed by atoms with Gasteiger partial charge in [-0.15, -0.1) is 5.10 Å². The number of aromatic nitrogens is 4. The second kappa shape index (κ2) is 6.59. The molecule has 1 heterocycles. The summed E-state index contributed by atoms with van der Waals surface area (Å²) in [6, 6.07) is 6.03. The van der Waals surface area contributed by atoms with Gasteiger partial charge in [-0.25, -0.2) is 4.79 Å². The molecule has 2 N–H and O–H groups in total. The van der Waals surface area contributed by atoms with E-state index >= 15 is 0 Å². The van der Waals surface area contributed by atoms with Crippen LogP contribution in [0.1, 0.15) is 49.1 Å². The van der Waals surface area contributed by atoms with Crippen molar-refractivity contribution in [3.63, 3.8) is 0 Å². The van der Waals surface area contributed by atoms with Crippen molar-refractivity contribution in [3.05, 3.63) is 35.2 Å². The highest BCUT2D eigenvalue weighted by Crippen LogP contribution is 2.36. The monoisotopic (exact) mass is 328 g/mol. The van der Waals surface area contributed by atoms with Crippen LogP contribution in [0.25, 0.3) is 5.69 Å². The molecule has 2 aromatic rings. The van der Waals surface area contributed by atoms with Crippen molar-refractivity contribution < 1.29 is 4.79 Å². The lowest BCUT2D eigenvalue weighted by atomic mass is 9.81. The molecule has 0 spiro atoms. The van der Waals surface area contributed by atoms with Gasteiger partial charge >= 0.3 is 6.03 Å². The van der Waals surface area contributed by atoms with Gasteiger partial charge in [0.05, 0.1) is 5.69 Å². The lowest BCUT2D eigenvalue weighted by molar-refractivity contribution is 0.196. The number of tetrazole rings is 1. The van der Waals surface area contributed by atoms with E-state index in [1.165, 1.54) is 6.42 Å². The van der Waals surface area contributed by atoms with Crippen molar-refractivity contribution in [3.8, 4) is 5.69 Å². The number of hydrogen-bond acceptors (Lipinski definition) is 4. The van der Waals surface area contributed by atoms with E-state index in [1.54, 1.807) is 11.7 Å². The fourth-order valence-electron chi connectivity index (χ4n) is 3.57. The predicted octanol–water partition coefficient (Wildman–Crippen LogP) is 2.37. The number of aryl methyl sites for hydroxylation is 2. The Labute approximate surface area is 141 Å². The van der Waals surface area contributed by atoms with E-state index in [9.17, 15) is 4.79 Å². The summed E-state index contributed by atoms with van der Waals surface area (Å²) in [7, 11) is 1.62. The number of carbonyl (C=O) groups excluding carboxylic acids is 1. The molecule has 1 aliphatic carbocycles. The van der Waals surface area contributed by atoms with E-state index < -0.39 is 5.54 Å². The van der Waals surface area contributed by atoms with Crippen LogP contribution in [-0.4, -0.2) is 33.3 Å². The summed E-state index contributed by atoms with van der Waals surface area (Å²) in [4.78, 5) is 12.0. The molecule has 1 saturated carbocycles. The van der Waals surface area contributed by atoms with Gasteiger partial charge in [-0.1, -0.05) is 25.3 Å². The predicted molar refractivity (Wildman–Crippen MR) is 91.0 cm³/mol. The third-order valence-electron chi connectivity index (χ3n) is 4.64. The summed E-state index contributed by atoms with van der Waals surface area (Å²) >= 11 is 0. The number of benzene rings is 1. The first kappa shape index (κ1) is 16.4. The van der Waals surface area contributed by atoms with E-state index in [0.29, 0.717) is 5.82 Å². The summed E-state index contributed by atoms with van der Waals surface area (Å²) < 4.78 is 1.77. The molecule has 128 valence electrons. The summed E-state index contributed by atoms with van der Waals surface area (Å²) in [6.45, 7) is 4.11. The third kappa shape index (κ3) is 3.11. The Morgan fingerprint density at radius 3 is 2.42 bits per heavy atom. The lowest BCUT2D eigenvalue weighted by Gasteiger charge is -2.36. The molecule has 1 aromatic carbocycles. The highest BCUT2D eigenvalue weighted by atomic mass is 16.2. The topological polar surface area (TPSA) is 84.7 Å². The maximum absolute atomic E-state index is 12.0. The number of urea groups is 1. The Balaban J connectivity index is 2.06. The zero-order chi connectivity index (χ0) is 17.2. The van der Waals surface area contributed by atoms with Crippen LogP contribution in [0, 0.1) is 13.8 Å². The van der Waals surface area contributed by atoms with Crippen LogP contribution >= 0.6 is 0 Å². The minimum absolute atomic E-state index is 0.202. The summed E-state index contributed by atoms with van der Waals surface area (Å²) in [6.07, 6.45) is 4.94. The molecule has 0 aliphatic heterocycles. The molecule has 0 radical (unpaired) electrons. The van der Waals surface area contributed by atoms with Crippen LogP contribution in [0.2, 0.25) is 0 Å². The molecule has 3 rings (SSSR count). The standard InChI is InChI=1S/C17H24N6O/c1-12-9-13(2)11-14(10-12)23-15(20-21-22-23)17(19-16(24)18-3)7-5-4-6-8-17/h9-11H,4-8H2,1-3H3,(H2,18,19,24). The maximum Gasteiger partial charge on any atom is 0.315 e. The lowest BCUT2D eigenvalue weighted by Crippen LogP contribution is -2.51. The number of nitrogens with zero attached hydrogens (tertiary/aromatic N) is 4. The van der Waals surface area contributed by atoms with Gasteiger partial charge in [0.1, 0.15) is 5.54 Å². The molecule has 2 amide bonds. The van der Waals surface area contributed by atoms with Crippen LogP contribution in [0.3, 0.4) is 0 Å². The normalized spacial score (nSPS) is 16.6.